The molecule has 2 fully saturated rings. The van der Waals surface area contributed by atoms with E-state index in [2.05, 4.69) is 0 Å². The number of nitrogens with zero attached hydrogens (tertiary/aromatic N) is 2. The van der Waals surface area contributed by atoms with E-state index in [9.17, 15) is 18.0 Å². The molecule has 9 heteroatoms. The molecule has 1 amide bonds. The van der Waals surface area contributed by atoms with Crippen LogP contribution in [0.3, 0.4) is 0 Å². The van der Waals surface area contributed by atoms with Gasteiger partial charge in [0.05, 0.1) is 19.0 Å². The van der Waals surface area contributed by atoms with E-state index in [1.165, 1.54) is 32.1 Å². The van der Waals surface area contributed by atoms with Gasteiger partial charge >= 0.3 is 5.97 Å². The minimum absolute atomic E-state index is 0.0580. The number of hydrogen-bond acceptors (Lipinski definition) is 5. The van der Waals surface area contributed by atoms with Gasteiger partial charge in [-0.25, -0.2) is 8.42 Å². The fourth-order valence-electron chi connectivity index (χ4n) is 3.71. The molecule has 1 atom stereocenters. The van der Waals surface area contributed by atoms with Gasteiger partial charge in [-0.2, -0.15) is 4.31 Å². The summed E-state index contributed by atoms with van der Waals surface area (Å²) in [5.41, 5.74) is 0. The topological polar surface area (TPSA) is 104 Å². The summed E-state index contributed by atoms with van der Waals surface area (Å²) < 4.78 is 30.0. The van der Waals surface area contributed by atoms with Crippen molar-refractivity contribution in [3.63, 3.8) is 0 Å². The van der Waals surface area contributed by atoms with Crippen LogP contribution >= 0.6 is 0 Å². The van der Waals surface area contributed by atoms with E-state index in [4.69, 9.17) is 9.84 Å². The van der Waals surface area contributed by atoms with Crippen LogP contribution in [0.15, 0.2) is 0 Å². The summed E-state index contributed by atoms with van der Waals surface area (Å²) in [7, 11) is -3.65. The number of morpholine rings is 1. The van der Waals surface area contributed by atoms with Gasteiger partial charge in [-0.1, -0.05) is 32.1 Å². The van der Waals surface area contributed by atoms with E-state index in [0.29, 0.717) is 32.0 Å². The molecule has 1 aliphatic carbocycles. The quantitative estimate of drug-likeness (QED) is 0.661. The Morgan fingerprint density at radius 3 is 2.54 bits per heavy atom. The molecule has 1 aliphatic heterocycles. The Kier molecular flexibility index (Phi) is 7.85. The monoisotopic (exact) mass is 390 g/mol. The first-order chi connectivity index (χ1) is 12.3. The van der Waals surface area contributed by atoms with Crippen molar-refractivity contribution in [3.05, 3.63) is 0 Å². The Morgan fingerprint density at radius 2 is 1.92 bits per heavy atom. The fourth-order valence-corrected chi connectivity index (χ4v) is 4.50. The van der Waals surface area contributed by atoms with E-state index in [1.54, 1.807) is 4.90 Å². The zero-order valence-corrected chi connectivity index (χ0v) is 16.2. The first kappa shape index (κ1) is 21.1. The highest BCUT2D eigenvalue weighted by atomic mass is 32.2. The first-order valence-electron chi connectivity index (χ1n) is 9.32. The van der Waals surface area contributed by atoms with E-state index in [0.717, 1.165) is 17.0 Å². The van der Waals surface area contributed by atoms with E-state index in [1.807, 2.05) is 0 Å². The average Bonchev–Trinajstić information content (AvgIpc) is 2.59. The van der Waals surface area contributed by atoms with Crippen LogP contribution in [0, 0.1) is 5.92 Å². The van der Waals surface area contributed by atoms with Crippen LogP contribution in [-0.4, -0.2) is 79.8 Å². The molecule has 26 heavy (non-hydrogen) atoms. The molecule has 1 heterocycles. The third-order valence-electron chi connectivity index (χ3n) is 5.17. The second kappa shape index (κ2) is 9.66. The molecule has 150 valence electrons. The van der Waals surface area contributed by atoms with Crippen LogP contribution in [0.2, 0.25) is 0 Å². The summed E-state index contributed by atoms with van der Waals surface area (Å²) in [5.74, 6) is -0.500. The molecule has 8 nitrogen and oxygen atoms in total. The predicted octanol–water partition coefficient (Wildman–Crippen LogP) is 0.921. The lowest BCUT2D eigenvalue weighted by atomic mass is 9.86. The molecule has 2 rings (SSSR count). The van der Waals surface area contributed by atoms with E-state index < -0.39 is 28.6 Å². The normalized spacial score (nSPS) is 22.5. The molecule has 0 aromatic rings. The lowest BCUT2D eigenvalue weighted by molar-refractivity contribution is -0.141. The van der Waals surface area contributed by atoms with Crippen LogP contribution in [0.25, 0.3) is 0 Å². The predicted molar refractivity (Wildman–Crippen MR) is 96.2 cm³/mol. The summed E-state index contributed by atoms with van der Waals surface area (Å²) in [6, 6.07) is 0. The number of rotatable bonds is 8. The number of carbonyl (C=O) groups excluding carboxylic acids is 1. The van der Waals surface area contributed by atoms with Gasteiger partial charge < -0.3 is 14.7 Å². The second-order valence-corrected chi connectivity index (χ2v) is 9.31. The summed E-state index contributed by atoms with van der Waals surface area (Å²) in [6.45, 7) is 0.476. The summed E-state index contributed by atoms with van der Waals surface area (Å²) >= 11 is 0. The van der Waals surface area contributed by atoms with Crippen molar-refractivity contribution in [3.8, 4) is 0 Å². The largest absolute Gasteiger partial charge is 0.480 e. The first-order valence-corrected chi connectivity index (χ1v) is 11.2. The third kappa shape index (κ3) is 6.85. The molecule has 0 aromatic carbocycles. The maximum Gasteiger partial charge on any atom is 0.318 e. The minimum Gasteiger partial charge on any atom is -0.480 e. The Bertz CT molecular complexity index is 588. The minimum atomic E-state index is -3.65. The van der Waals surface area contributed by atoms with E-state index in [-0.39, 0.29) is 12.5 Å². The number of aliphatic carboxylic acids is 1. The standard InChI is InChI=1S/C17H30N2O6S/c1-26(23,24)19(13-17(21)22)12-15-11-18(9-10-25-15)16(20)8-7-14-5-3-2-4-6-14/h14-15H,2-13H2,1H3,(H,21,22). The lowest BCUT2D eigenvalue weighted by Gasteiger charge is -2.35. The fraction of sp³-hybridized carbons (Fsp3) is 0.882. The van der Waals surface area contributed by atoms with Crippen molar-refractivity contribution in [2.75, 3.05) is 39.0 Å². The van der Waals surface area contributed by atoms with Gasteiger partial charge in [0.2, 0.25) is 15.9 Å². The van der Waals surface area contributed by atoms with Gasteiger partial charge in [-0.15, -0.1) is 0 Å². The van der Waals surface area contributed by atoms with Crippen molar-refractivity contribution in [2.45, 2.75) is 51.0 Å². The molecule has 1 N–H and O–H groups in total. The van der Waals surface area contributed by atoms with Crippen molar-refractivity contribution in [2.24, 2.45) is 5.92 Å². The number of carboxylic acid groups (broad SMARTS) is 1. The highest BCUT2D eigenvalue weighted by molar-refractivity contribution is 7.88. The Morgan fingerprint density at radius 1 is 1.23 bits per heavy atom. The maximum atomic E-state index is 12.5. The smallest absolute Gasteiger partial charge is 0.318 e. The van der Waals surface area contributed by atoms with Crippen LogP contribution in [0.1, 0.15) is 44.9 Å². The van der Waals surface area contributed by atoms with Gasteiger partial charge in [0.25, 0.3) is 0 Å². The lowest BCUT2D eigenvalue weighted by Crippen LogP contribution is -2.51. The Hall–Kier alpha value is -1.19. The summed E-state index contributed by atoms with van der Waals surface area (Å²) in [6.07, 6.45) is 8.12. The molecule has 1 saturated heterocycles. The van der Waals surface area contributed by atoms with E-state index >= 15 is 0 Å². The highest BCUT2D eigenvalue weighted by Gasteiger charge is 2.30. The number of hydrogen-bond donors (Lipinski definition) is 1. The van der Waals surface area contributed by atoms with Crippen molar-refractivity contribution >= 4 is 21.9 Å². The van der Waals surface area contributed by atoms with Gasteiger partial charge in [-0.05, 0) is 12.3 Å². The molecule has 1 saturated carbocycles. The number of carbonyl (C=O) groups is 2. The number of amides is 1. The molecule has 0 bridgehead atoms. The average molecular weight is 391 g/mol. The van der Waals surface area contributed by atoms with Gasteiger partial charge in [0.1, 0.15) is 6.54 Å². The molecule has 0 aromatic heterocycles. The molecular weight excluding hydrogens is 360 g/mol. The van der Waals surface area contributed by atoms with Crippen molar-refractivity contribution in [1.29, 1.82) is 0 Å². The van der Waals surface area contributed by atoms with Gasteiger partial charge in [-0.3, -0.25) is 9.59 Å². The van der Waals surface area contributed by atoms with Crippen molar-refractivity contribution in [1.82, 2.24) is 9.21 Å². The summed E-state index contributed by atoms with van der Waals surface area (Å²) in [4.78, 5) is 25.1. The number of sulfonamides is 1. The SMILES string of the molecule is CS(=O)(=O)N(CC(=O)O)CC1CN(C(=O)CCC2CCCCC2)CCO1. The molecule has 0 radical (unpaired) electrons. The maximum absolute atomic E-state index is 12.5. The molecule has 2 aliphatic rings. The molecular formula is C17H30N2O6S. The summed E-state index contributed by atoms with van der Waals surface area (Å²) in [5, 5.41) is 8.90. The molecule has 0 spiro atoms. The highest BCUT2D eigenvalue weighted by Crippen LogP contribution is 2.27. The van der Waals surface area contributed by atoms with Crippen LogP contribution in [-0.2, 0) is 24.3 Å². The molecule has 1 unspecified atom stereocenters. The Balaban J connectivity index is 1.84. The third-order valence-corrected chi connectivity index (χ3v) is 6.39. The second-order valence-electron chi connectivity index (χ2n) is 7.32. The van der Waals surface area contributed by atoms with Crippen LogP contribution in [0.4, 0.5) is 0 Å². The van der Waals surface area contributed by atoms with Crippen LogP contribution < -0.4 is 0 Å². The van der Waals surface area contributed by atoms with Gasteiger partial charge in [0.15, 0.2) is 0 Å². The van der Waals surface area contributed by atoms with Crippen LogP contribution in [0.5, 0.6) is 0 Å². The zero-order chi connectivity index (χ0) is 19.2. The number of ether oxygens (including phenoxy) is 1. The van der Waals surface area contributed by atoms with Gasteiger partial charge in [0, 0.05) is 26.1 Å². The zero-order valence-electron chi connectivity index (χ0n) is 15.4. The van der Waals surface area contributed by atoms with Crippen molar-refractivity contribution < 1.29 is 27.9 Å². The number of carboxylic acids is 1. The Labute approximate surface area is 155 Å².